The van der Waals surface area contributed by atoms with Crippen molar-refractivity contribution in [1.82, 2.24) is 4.90 Å². The molecule has 120 valence electrons. The number of anilines is 1. The SMILES string of the molecule is COc1ccccc1C(=O)N1CCN(c2cccc[n+]2O)CC1. The average molecular weight is 314 g/mol. The van der Waals surface area contributed by atoms with Gasteiger partial charge in [0.2, 0.25) is 0 Å². The molecule has 6 heteroatoms. The van der Waals surface area contributed by atoms with Gasteiger partial charge in [-0.15, -0.1) is 0 Å². The molecule has 0 radical (unpaired) electrons. The van der Waals surface area contributed by atoms with Crippen molar-refractivity contribution in [3.05, 3.63) is 54.2 Å². The second kappa shape index (κ2) is 6.56. The minimum absolute atomic E-state index is 0.0213. The van der Waals surface area contributed by atoms with Crippen LogP contribution >= 0.6 is 0 Å². The molecule has 1 saturated heterocycles. The van der Waals surface area contributed by atoms with Gasteiger partial charge in [0.1, 0.15) is 25.0 Å². The van der Waals surface area contributed by atoms with Gasteiger partial charge in [0.05, 0.1) is 25.8 Å². The summed E-state index contributed by atoms with van der Waals surface area (Å²) in [5.74, 6) is 1.31. The van der Waals surface area contributed by atoms with Crippen LogP contribution < -0.4 is 14.4 Å². The van der Waals surface area contributed by atoms with Gasteiger partial charge in [-0.2, -0.15) is 0 Å². The maximum absolute atomic E-state index is 12.7. The smallest absolute Gasteiger partial charge is 0.316 e. The fraction of sp³-hybridized carbons (Fsp3) is 0.294. The van der Waals surface area contributed by atoms with Crippen molar-refractivity contribution in [2.75, 3.05) is 38.2 Å². The van der Waals surface area contributed by atoms with E-state index in [-0.39, 0.29) is 5.91 Å². The molecule has 1 aliphatic rings. The first-order valence-electron chi connectivity index (χ1n) is 7.58. The van der Waals surface area contributed by atoms with Crippen LogP contribution in [-0.2, 0) is 0 Å². The lowest BCUT2D eigenvalue weighted by Crippen LogP contribution is -2.52. The van der Waals surface area contributed by atoms with Crippen LogP contribution in [0.4, 0.5) is 5.82 Å². The van der Waals surface area contributed by atoms with E-state index in [9.17, 15) is 10.0 Å². The molecular formula is C17H20N3O3+. The van der Waals surface area contributed by atoms with Gasteiger partial charge in [-0.1, -0.05) is 22.9 Å². The largest absolute Gasteiger partial charge is 0.496 e. The summed E-state index contributed by atoms with van der Waals surface area (Å²) in [7, 11) is 1.57. The Morgan fingerprint density at radius 2 is 1.78 bits per heavy atom. The summed E-state index contributed by atoms with van der Waals surface area (Å²) in [6.45, 7) is 2.55. The van der Waals surface area contributed by atoms with Crippen LogP contribution in [0.1, 0.15) is 10.4 Å². The summed E-state index contributed by atoms with van der Waals surface area (Å²) in [5.41, 5.74) is 0.584. The minimum Gasteiger partial charge on any atom is -0.496 e. The van der Waals surface area contributed by atoms with E-state index in [1.54, 1.807) is 31.5 Å². The third kappa shape index (κ3) is 3.06. The zero-order valence-corrected chi connectivity index (χ0v) is 13.1. The molecule has 1 fully saturated rings. The van der Waals surface area contributed by atoms with Crippen LogP contribution in [0.25, 0.3) is 0 Å². The number of piperazine rings is 1. The van der Waals surface area contributed by atoms with Gasteiger partial charge in [-0.05, 0) is 18.2 Å². The Labute approximate surface area is 135 Å². The van der Waals surface area contributed by atoms with Gasteiger partial charge in [0.15, 0.2) is 0 Å². The van der Waals surface area contributed by atoms with Crippen LogP contribution in [-0.4, -0.2) is 49.3 Å². The quantitative estimate of drug-likeness (QED) is 0.683. The highest BCUT2D eigenvalue weighted by Gasteiger charge is 2.29. The Morgan fingerprint density at radius 3 is 2.48 bits per heavy atom. The zero-order valence-electron chi connectivity index (χ0n) is 13.1. The first-order chi connectivity index (χ1) is 11.2. The van der Waals surface area contributed by atoms with E-state index in [1.165, 1.54) is 0 Å². The normalized spacial score (nSPS) is 14.7. The van der Waals surface area contributed by atoms with Crippen molar-refractivity contribution in [2.24, 2.45) is 0 Å². The molecule has 3 rings (SSSR count). The molecule has 0 saturated carbocycles. The number of methoxy groups -OCH3 is 1. The van der Waals surface area contributed by atoms with Crippen LogP contribution in [0.2, 0.25) is 0 Å². The molecule has 23 heavy (non-hydrogen) atoms. The number of carbonyl (C=O) groups is 1. The highest BCUT2D eigenvalue weighted by Crippen LogP contribution is 2.20. The number of rotatable bonds is 3. The first-order valence-corrected chi connectivity index (χ1v) is 7.58. The summed E-state index contributed by atoms with van der Waals surface area (Å²) in [5, 5.41) is 9.86. The fourth-order valence-electron chi connectivity index (χ4n) is 2.81. The zero-order chi connectivity index (χ0) is 16.2. The molecule has 1 amide bonds. The van der Waals surface area contributed by atoms with Gasteiger partial charge < -0.3 is 14.8 Å². The maximum Gasteiger partial charge on any atom is 0.316 e. The second-order valence-corrected chi connectivity index (χ2v) is 5.38. The number of amides is 1. The molecule has 2 heterocycles. The van der Waals surface area contributed by atoms with Crippen molar-refractivity contribution in [3.63, 3.8) is 0 Å². The van der Waals surface area contributed by atoms with Crippen molar-refractivity contribution in [3.8, 4) is 5.75 Å². The molecule has 0 bridgehead atoms. The molecule has 0 atom stereocenters. The highest BCUT2D eigenvalue weighted by atomic mass is 16.5. The summed E-state index contributed by atoms with van der Waals surface area (Å²) in [6.07, 6.45) is 1.60. The molecule has 1 aromatic carbocycles. The summed E-state index contributed by atoms with van der Waals surface area (Å²) in [6, 6.07) is 12.8. The standard InChI is InChI=1S/C17H20N3O3/c1-23-15-7-3-2-6-14(15)17(21)19-12-10-18(11-13-19)16-8-4-5-9-20(16)22/h2-9,22H,10-13H2,1H3/q+1. The highest BCUT2D eigenvalue weighted by molar-refractivity contribution is 5.97. The first kappa shape index (κ1) is 15.1. The average Bonchev–Trinajstić information content (AvgIpc) is 2.61. The number of aromatic nitrogens is 1. The number of hydrogen-bond donors (Lipinski definition) is 1. The molecule has 0 spiro atoms. The number of benzene rings is 1. The number of ether oxygens (including phenoxy) is 1. The Bertz CT molecular complexity index is 697. The Balaban J connectivity index is 1.69. The Kier molecular flexibility index (Phi) is 4.32. The van der Waals surface area contributed by atoms with Gasteiger partial charge in [-0.3, -0.25) is 9.69 Å². The van der Waals surface area contributed by atoms with Crippen molar-refractivity contribution >= 4 is 11.7 Å². The topological polar surface area (TPSA) is 56.9 Å². The number of carbonyl (C=O) groups excluding carboxylic acids is 1. The van der Waals surface area contributed by atoms with Crippen LogP contribution in [0.5, 0.6) is 5.75 Å². The Hall–Kier alpha value is -2.76. The maximum atomic E-state index is 12.7. The molecule has 6 nitrogen and oxygen atoms in total. The van der Waals surface area contributed by atoms with Gasteiger partial charge in [-0.25, -0.2) is 0 Å². The van der Waals surface area contributed by atoms with Crippen molar-refractivity contribution < 1.29 is 19.5 Å². The fourth-order valence-corrected chi connectivity index (χ4v) is 2.81. The van der Waals surface area contributed by atoms with Crippen molar-refractivity contribution in [2.45, 2.75) is 0 Å². The molecular weight excluding hydrogens is 294 g/mol. The molecule has 1 N–H and O–H groups in total. The Morgan fingerprint density at radius 1 is 1.09 bits per heavy atom. The lowest BCUT2D eigenvalue weighted by molar-refractivity contribution is -0.894. The third-order valence-corrected chi connectivity index (χ3v) is 4.05. The second-order valence-electron chi connectivity index (χ2n) is 5.38. The van der Waals surface area contributed by atoms with E-state index in [0.29, 0.717) is 37.5 Å². The molecule has 1 aromatic heterocycles. The lowest BCUT2D eigenvalue weighted by atomic mass is 10.1. The minimum atomic E-state index is -0.0213. The monoisotopic (exact) mass is 314 g/mol. The lowest BCUT2D eigenvalue weighted by Gasteiger charge is -2.31. The molecule has 0 aliphatic carbocycles. The summed E-state index contributed by atoms with van der Waals surface area (Å²) in [4.78, 5) is 16.5. The predicted molar refractivity (Wildman–Crippen MR) is 84.9 cm³/mol. The van der Waals surface area contributed by atoms with Gasteiger partial charge >= 0.3 is 5.82 Å². The van der Waals surface area contributed by atoms with Crippen LogP contribution in [0.15, 0.2) is 48.7 Å². The number of pyridine rings is 1. The predicted octanol–water partition coefficient (Wildman–Crippen LogP) is 1.18. The molecule has 2 aromatic rings. The number of hydrogen-bond acceptors (Lipinski definition) is 4. The van der Waals surface area contributed by atoms with Crippen LogP contribution in [0, 0.1) is 0 Å². The van der Waals surface area contributed by atoms with E-state index in [4.69, 9.17) is 4.74 Å². The van der Waals surface area contributed by atoms with E-state index in [1.807, 2.05) is 29.2 Å². The molecule has 1 aliphatic heterocycles. The van der Waals surface area contributed by atoms with Crippen molar-refractivity contribution in [1.29, 1.82) is 0 Å². The number of nitrogens with zero attached hydrogens (tertiary/aromatic N) is 3. The molecule has 0 unspecified atom stereocenters. The third-order valence-electron chi connectivity index (χ3n) is 4.05. The number of para-hydroxylation sites is 1. The summed E-state index contributed by atoms with van der Waals surface area (Å²) < 4.78 is 6.38. The van der Waals surface area contributed by atoms with Gasteiger partial charge in [0.25, 0.3) is 5.91 Å². The van der Waals surface area contributed by atoms with E-state index in [2.05, 4.69) is 4.90 Å². The van der Waals surface area contributed by atoms with E-state index >= 15 is 0 Å². The van der Waals surface area contributed by atoms with Crippen LogP contribution in [0.3, 0.4) is 0 Å². The summed E-state index contributed by atoms with van der Waals surface area (Å²) >= 11 is 0. The van der Waals surface area contributed by atoms with Gasteiger partial charge in [0, 0.05) is 6.07 Å². The van der Waals surface area contributed by atoms with E-state index < -0.39 is 0 Å². The van der Waals surface area contributed by atoms with E-state index in [0.717, 1.165) is 10.5 Å².